The molecule has 0 aliphatic rings. The first-order valence-electron chi connectivity index (χ1n) is 5.90. The van der Waals surface area contributed by atoms with Crippen LogP contribution < -0.4 is 0 Å². The van der Waals surface area contributed by atoms with Crippen molar-refractivity contribution < 1.29 is 9.34 Å². The van der Waals surface area contributed by atoms with E-state index in [0.29, 0.717) is 11.1 Å². The molecule has 0 spiro atoms. The molecule has 0 radical (unpaired) electrons. The fourth-order valence-corrected chi connectivity index (χ4v) is 2.21. The number of hydrogen-bond donors (Lipinski definition) is 0. The monoisotopic (exact) mass is 253 g/mol. The number of furan rings is 1. The zero-order valence-electron chi connectivity index (χ0n) is 10.3. The Morgan fingerprint density at radius 3 is 2.53 bits per heavy atom. The first-order chi connectivity index (χ1) is 9.16. The van der Waals surface area contributed by atoms with Gasteiger partial charge in [-0.2, -0.15) is 0 Å². The standard InChI is InChI=1S/C15H11NO3/c1-10-7-8-13-12(9-10)14(15(19-13)16(17)18)11-5-3-2-4-6-11/h2-9H,1H3. The summed E-state index contributed by atoms with van der Waals surface area (Å²) < 4.78 is 5.37. The molecule has 0 aliphatic carbocycles. The Kier molecular flexibility index (Phi) is 2.56. The molecule has 1 heterocycles. The van der Waals surface area contributed by atoms with Crippen molar-refractivity contribution in [1.29, 1.82) is 0 Å². The second kappa shape index (κ2) is 4.24. The lowest BCUT2D eigenvalue weighted by molar-refractivity contribution is -0.400. The molecule has 4 heteroatoms. The smallest absolute Gasteiger partial charge is 0.400 e. The predicted molar refractivity (Wildman–Crippen MR) is 73.0 cm³/mol. The van der Waals surface area contributed by atoms with Gasteiger partial charge < -0.3 is 4.42 Å². The van der Waals surface area contributed by atoms with Crippen molar-refractivity contribution in [2.24, 2.45) is 0 Å². The van der Waals surface area contributed by atoms with Crippen molar-refractivity contribution in [3.63, 3.8) is 0 Å². The van der Waals surface area contributed by atoms with Gasteiger partial charge in [0.2, 0.25) is 0 Å². The number of hydrogen-bond acceptors (Lipinski definition) is 3. The van der Waals surface area contributed by atoms with Crippen LogP contribution in [0.1, 0.15) is 5.56 Å². The third-order valence-electron chi connectivity index (χ3n) is 3.05. The van der Waals surface area contributed by atoms with Crippen LogP contribution in [0, 0.1) is 17.0 Å². The lowest BCUT2D eigenvalue weighted by atomic mass is 10.0. The normalized spacial score (nSPS) is 10.8. The van der Waals surface area contributed by atoms with Crippen molar-refractivity contribution >= 4 is 16.9 Å². The van der Waals surface area contributed by atoms with E-state index in [1.807, 2.05) is 49.4 Å². The van der Waals surface area contributed by atoms with Crippen molar-refractivity contribution in [1.82, 2.24) is 0 Å². The van der Waals surface area contributed by atoms with E-state index >= 15 is 0 Å². The summed E-state index contributed by atoms with van der Waals surface area (Å²) in [5.41, 5.74) is 2.92. The van der Waals surface area contributed by atoms with Gasteiger partial charge in [-0.15, -0.1) is 0 Å². The van der Waals surface area contributed by atoms with Crippen molar-refractivity contribution in [3.05, 3.63) is 64.2 Å². The Morgan fingerprint density at radius 1 is 1.11 bits per heavy atom. The number of fused-ring (bicyclic) bond motifs is 1. The molecule has 94 valence electrons. The number of rotatable bonds is 2. The van der Waals surface area contributed by atoms with Crippen LogP contribution >= 0.6 is 0 Å². The quantitative estimate of drug-likeness (QED) is 0.505. The molecule has 0 aliphatic heterocycles. The molecular formula is C15H11NO3. The van der Waals surface area contributed by atoms with Gasteiger partial charge in [-0.25, -0.2) is 0 Å². The van der Waals surface area contributed by atoms with Crippen LogP contribution in [0.15, 0.2) is 52.9 Å². The molecule has 2 aromatic carbocycles. The van der Waals surface area contributed by atoms with Crippen LogP contribution in [-0.4, -0.2) is 4.92 Å². The van der Waals surface area contributed by atoms with E-state index in [2.05, 4.69) is 0 Å². The van der Waals surface area contributed by atoms with Gasteiger partial charge in [-0.1, -0.05) is 42.0 Å². The number of benzene rings is 2. The lowest BCUT2D eigenvalue weighted by Crippen LogP contribution is -1.88. The van der Waals surface area contributed by atoms with Gasteiger partial charge in [-0.05, 0) is 24.6 Å². The van der Waals surface area contributed by atoms with Gasteiger partial charge in [0, 0.05) is 5.39 Å². The largest absolute Gasteiger partial charge is 0.442 e. The maximum atomic E-state index is 11.2. The summed E-state index contributed by atoms with van der Waals surface area (Å²) in [7, 11) is 0. The molecule has 0 amide bonds. The van der Waals surface area contributed by atoms with Crippen LogP contribution in [0.4, 0.5) is 5.88 Å². The first-order valence-corrected chi connectivity index (χ1v) is 5.90. The molecule has 4 nitrogen and oxygen atoms in total. The molecule has 1 aromatic heterocycles. The Hall–Kier alpha value is -2.62. The summed E-state index contributed by atoms with van der Waals surface area (Å²) in [6.07, 6.45) is 0. The lowest BCUT2D eigenvalue weighted by Gasteiger charge is -1.98. The van der Waals surface area contributed by atoms with Crippen molar-refractivity contribution in [2.75, 3.05) is 0 Å². The minimum atomic E-state index is -0.475. The average molecular weight is 253 g/mol. The topological polar surface area (TPSA) is 56.3 Å². The van der Waals surface area contributed by atoms with Gasteiger partial charge >= 0.3 is 5.88 Å². The summed E-state index contributed by atoms with van der Waals surface area (Å²) in [6.45, 7) is 1.95. The second-order valence-corrected chi connectivity index (χ2v) is 4.40. The highest BCUT2D eigenvalue weighted by molar-refractivity contribution is 5.98. The molecule has 3 rings (SSSR count). The minimum absolute atomic E-state index is 0.202. The minimum Gasteiger partial charge on any atom is -0.400 e. The highest BCUT2D eigenvalue weighted by Crippen LogP contribution is 2.39. The van der Waals surface area contributed by atoms with Crippen LogP contribution in [0.25, 0.3) is 22.1 Å². The highest BCUT2D eigenvalue weighted by Gasteiger charge is 2.24. The maximum absolute atomic E-state index is 11.2. The van der Waals surface area contributed by atoms with Crippen LogP contribution in [-0.2, 0) is 0 Å². The molecule has 0 saturated carbocycles. The van der Waals surface area contributed by atoms with E-state index in [9.17, 15) is 10.1 Å². The summed E-state index contributed by atoms with van der Waals surface area (Å²) in [5.74, 6) is -0.202. The SMILES string of the molecule is Cc1ccc2oc([N+](=O)[O-])c(-c3ccccc3)c2c1. The van der Waals surface area contributed by atoms with Gasteiger partial charge in [0.15, 0.2) is 0 Å². The molecule has 0 N–H and O–H groups in total. The number of nitrogens with zero attached hydrogens (tertiary/aromatic N) is 1. The van der Waals surface area contributed by atoms with Gasteiger partial charge in [0.25, 0.3) is 0 Å². The summed E-state index contributed by atoms with van der Waals surface area (Å²) in [4.78, 5) is 10.7. The van der Waals surface area contributed by atoms with Gasteiger partial charge in [0.1, 0.15) is 16.1 Å². The zero-order valence-corrected chi connectivity index (χ0v) is 10.3. The van der Waals surface area contributed by atoms with E-state index in [4.69, 9.17) is 4.42 Å². The summed E-state index contributed by atoms with van der Waals surface area (Å²) in [5, 5.41) is 11.9. The maximum Gasteiger partial charge on any atom is 0.442 e. The molecule has 0 saturated heterocycles. The molecule has 0 bridgehead atoms. The average Bonchev–Trinajstić information content (AvgIpc) is 2.78. The van der Waals surface area contributed by atoms with E-state index in [1.54, 1.807) is 6.07 Å². The molecule has 0 unspecified atom stereocenters. The zero-order chi connectivity index (χ0) is 13.4. The first kappa shape index (κ1) is 11.5. The fraction of sp³-hybridized carbons (Fsp3) is 0.0667. The third kappa shape index (κ3) is 1.87. The van der Waals surface area contributed by atoms with Crippen molar-refractivity contribution in [3.8, 4) is 11.1 Å². The predicted octanol–water partition coefficient (Wildman–Crippen LogP) is 4.32. The molecular weight excluding hydrogens is 242 g/mol. The van der Waals surface area contributed by atoms with E-state index in [1.165, 1.54) is 0 Å². The van der Waals surface area contributed by atoms with Gasteiger partial charge in [0.05, 0.1) is 0 Å². The number of aryl methyl sites for hydroxylation is 1. The number of nitro groups is 1. The molecule has 0 atom stereocenters. The van der Waals surface area contributed by atoms with Gasteiger partial charge in [-0.3, -0.25) is 10.1 Å². The fourth-order valence-electron chi connectivity index (χ4n) is 2.21. The third-order valence-corrected chi connectivity index (χ3v) is 3.05. The Bertz CT molecular complexity index is 760. The Morgan fingerprint density at radius 2 is 1.84 bits per heavy atom. The molecule has 0 fully saturated rings. The van der Waals surface area contributed by atoms with E-state index in [-0.39, 0.29) is 5.88 Å². The van der Waals surface area contributed by atoms with Crippen LogP contribution in [0.2, 0.25) is 0 Å². The van der Waals surface area contributed by atoms with Crippen LogP contribution in [0.3, 0.4) is 0 Å². The Balaban J connectivity index is 2.40. The highest BCUT2D eigenvalue weighted by atomic mass is 16.6. The summed E-state index contributed by atoms with van der Waals surface area (Å²) >= 11 is 0. The Labute approximate surface area is 109 Å². The molecule has 3 aromatic rings. The van der Waals surface area contributed by atoms with Crippen LogP contribution in [0.5, 0.6) is 0 Å². The second-order valence-electron chi connectivity index (χ2n) is 4.40. The molecule has 19 heavy (non-hydrogen) atoms. The van der Waals surface area contributed by atoms with Crippen molar-refractivity contribution in [2.45, 2.75) is 6.92 Å². The van der Waals surface area contributed by atoms with E-state index < -0.39 is 4.92 Å². The van der Waals surface area contributed by atoms with E-state index in [0.717, 1.165) is 16.5 Å². The summed E-state index contributed by atoms with van der Waals surface area (Å²) in [6, 6.07) is 14.8.